The summed E-state index contributed by atoms with van der Waals surface area (Å²) in [5, 5.41) is 9.63. The average molecular weight is 189 g/mol. The van der Waals surface area contributed by atoms with Crippen molar-refractivity contribution in [2.24, 2.45) is 0 Å². The second-order valence-electron chi connectivity index (χ2n) is 2.71. The van der Waals surface area contributed by atoms with E-state index in [9.17, 15) is 9.59 Å². The maximum absolute atomic E-state index is 11.0. The molecule has 0 fully saturated rings. The van der Waals surface area contributed by atoms with Crippen molar-refractivity contribution in [3.05, 3.63) is 0 Å². The summed E-state index contributed by atoms with van der Waals surface area (Å²) >= 11 is 0. The molecule has 0 bridgehead atoms. The van der Waals surface area contributed by atoms with Gasteiger partial charge in [0.1, 0.15) is 5.78 Å². The predicted octanol–water partition coefficient (Wildman–Crippen LogP) is 0.220. The molecule has 0 saturated carbocycles. The number of carbonyl (C=O) groups excluding carboxylic acids is 2. The number of ketones is 1. The van der Waals surface area contributed by atoms with Crippen LogP contribution in [-0.2, 0) is 14.3 Å². The maximum atomic E-state index is 11.0. The van der Waals surface area contributed by atoms with Gasteiger partial charge in [0.25, 0.3) is 0 Å². The Kier molecular flexibility index (Phi) is 6.09. The van der Waals surface area contributed by atoms with E-state index in [1.54, 1.807) is 0 Å². The molecule has 5 nitrogen and oxygen atoms in total. The summed E-state index contributed by atoms with van der Waals surface area (Å²) < 4.78 is 4.67. The predicted molar refractivity (Wildman–Crippen MR) is 45.3 cm³/mol. The summed E-state index contributed by atoms with van der Waals surface area (Å²) in [6, 6.07) is 0. The third-order valence-electron chi connectivity index (χ3n) is 1.49. The van der Waals surface area contributed by atoms with Gasteiger partial charge in [-0.3, -0.25) is 10.0 Å². The van der Waals surface area contributed by atoms with Crippen LogP contribution in [0.1, 0.15) is 19.8 Å². The van der Waals surface area contributed by atoms with Crippen LogP contribution in [0.25, 0.3) is 0 Å². The molecule has 0 saturated heterocycles. The number of methoxy groups -OCH3 is 1. The Morgan fingerprint density at radius 1 is 1.38 bits per heavy atom. The summed E-state index contributed by atoms with van der Waals surface area (Å²) in [5.74, 6) is -0.513. The molecule has 13 heavy (non-hydrogen) atoms. The van der Waals surface area contributed by atoms with Gasteiger partial charge < -0.3 is 9.53 Å². The minimum atomic E-state index is -0.452. The van der Waals surface area contributed by atoms with E-state index in [1.807, 2.05) is 0 Å². The Hall–Kier alpha value is -0.940. The van der Waals surface area contributed by atoms with Crippen LogP contribution < -0.4 is 0 Å². The molecule has 0 aromatic carbocycles. The van der Waals surface area contributed by atoms with E-state index in [1.165, 1.54) is 14.0 Å². The zero-order chi connectivity index (χ0) is 10.3. The summed E-state index contributed by atoms with van der Waals surface area (Å²) in [6.07, 6.45) is 0.221. The number of ether oxygens (including phenoxy) is 1. The second kappa shape index (κ2) is 6.56. The fourth-order valence-electron chi connectivity index (χ4n) is 0.714. The highest BCUT2D eigenvalue weighted by Gasteiger charge is 2.10. The Bertz CT molecular complexity index is 181. The Morgan fingerprint density at radius 3 is 2.46 bits per heavy atom. The van der Waals surface area contributed by atoms with Gasteiger partial charge in [-0.25, -0.2) is 5.06 Å². The van der Waals surface area contributed by atoms with Crippen LogP contribution in [-0.4, -0.2) is 42.2 Å². The molecule has 0 rings (SSSR count). The van der Waals surface area contributed by atoms with Gasteiger partial charge in [0.15, 0.2) is 0 Å². The number of nitrogens with zero attached hydrogens (tertiary/aromatic N) is 1. The SMILES string of the molecule is COCCN(O)C(=O)CCC(C)=O. The van der Waals surface area contributed by atoms with Gasteiger partial charge in [0.05, 0.1) is 13.2 Å². The molecule has 0 aliphatic rings. The minimum absolute atomic E-state index is 0.0511. The molecular weight excluding hydrogens is 174 g/mol. The zero-order valence-electron chi connectivity index (χ0n) is 7.95. The van der Waals surface area contributed by atoms with E-state index in [-0.39, 0.29) is 31.8 Å². The quantitative estimate of drug-likeness (QED) is 0.479. The van der Waals surface area contributed by atoms with Gasteiger partial charge in [-0.15, -0.1) is 0 Å². The molecule has 0 aliphatic heterocycles. The van der Waals surface area contributed by atoms with Crippen molar-refractivity contribution in [3.63, 3.8) is 0 Å². The van der Waals surface area contributed by atoms with Crippen molar-refractivity contribution in [1.82, 2.24) is 5.06 Å². The van der Waals surface area contributed by atoms with Gasteiger partial charge in [0, 0.05) is 20.0 Å². The number of carbonyl (C=O) groups is 2. The highest BCUT2D eigenvalue weighted by atomic mass is 16.5. The first kappa shape index (κ1) is 12.1. The van der Waals surface area contributed by atoms with Crippen LogP contribution in [0.4, 0.5) is 0 Å². The first-order valence-electron chi connectivity index (χ1n) is 4.05. The third kappa shape index (κ3) is 6.24. The van der Waals surface area contributed by atoms with Crippen molar-refractivity contribution in [2.45, 2.75) is 19.8 Å². The molecule has 5 heteroatoms. The molecule has 0 aromatic heterocycles. The number of hydrogen-bond acceptors (Lipinski definition) is 4. The Morgan fingerprint density at radius 2 is 2.00 bits per heavy atom. The van der Waals surface area contributed by atoms with Gasteiger partial charge in [0.2, 0.25) is 5.91 Å². The number of hydrogen-bond donors (Lipinski definition) is 1. The molecule has 1 N–H and O–H groups in total. The first-order chi connectivity index (χ1) is 6.07. The van der Waals surface area contributed by atoms with Crippen LogP contribution >= 0.6 is 0 Å². The van der Waals surface area contributed by atoms with Crippen molar-refractivity contribution < 1.29 is 19.5 Å². The third-order valence-corrected chi connectivity index (χ3v) is 1.49. The molecule has 0 heterocycles. The molecule has 0 unspecified atom stereocenters. The van der Waals surface area contributed by atoms with Crippen LogP contribution in [0.15, 0.2) is 0 Å². The number of amides is 1. The summed E-state index contributed by atoms with van der Waals surface area (Å²) in [5.41, 5.74) is 0. The monoisotopic (exact) mass is 189 g/mol. The highest BCUT2D eigenvalue weighted by molar-refractivity contribution is 5.82. The molecule has 1 amide bonds. The lowest BCUT2D eigenvalue weighted by Crippen LogP contribution is -2.30. The lowest BCUT2D eigenvalue weighted by atomic mass is 10.2. The maximum Gasteiger partial charge on any atom is 0.246 e. The number of Topliss-reactive ketones (excluding diaryl/α,β-unsaturated/α-hetero) is 1. The molecule has 0 spiro atoms. The van der Waals surface area contributed by atoms with Gasteiger partial charge >= 0.3 is 0 Å². The smallest absolute Gasteiger partial charge is 0.246 e. The molecule has 76 valence electrons. The van der Waals surface area contributed by atoms with Crippen LogP contribution in [0.5, 0.6) is 0 Å². The molecule has 0 radical (unpaired) electrons. The average Bonchev–Trinajstić information content (AvgIpc) is 2.10. The van der Waals surface area contributed by atoms with E-state index in [4.69, 9.17) is 5.21 Å². The van der Waals surface area contributed by atoms with Crippen molar-refractivity contribution in [3.8, 4) is 0 Å². The van der Waals surface area contributed by atoms with Crippen LogP contribution in [0.3, 0.4) is 0 Å². The standard InChI is InChI=1S/C8H15NO4/c1-7(10)3-4-8(11)9(12)5-6-13-2/h12H,3-6H2,1-2H3. The van der Waals surface area contributed by atoms with Crippen molar-refractivity contribution in [2.75, 3.05) is 20.3 Å². The first-order valence-corrected chi connectivity index (χ1v) is 4.05. The van der Waals surface area contributed by atoms with Crippen LogP contribution in [0, 0.1) is 0 Å². The largest absolute Gasteiger partial charge is 0.383 e. The zero-order valence-corrected chi connectivity index (χ0v) is 7.95. The normalized spacial score (nSPS) is 9.77. The topological polar surface area (TPSA) is 66.8 Å². The van der Waals surface area contributed by atoms with Crippen molar-refractivity contribution in [1.29, 1.82) is 0 Å². The fourth-order valence-corrected chi connectivity index (χ4v) is 0.714. The Labute approximate surface area is 77.2 Å². The fraction of sp³-hybridized carbons (Fsp3) is 0.750. The van der Waals surface area contributed by atoms with Crippen molar-refractivity contribution >= 4 is 11.7 Å². The van der Waals surface area contributed by atoms with E-state index in [2.05, 4.69) is 4.74 Å². The summed E-state index contributed by atoms with van der Waals surface area (Å²) in [6.45, 7) is 1.82. The number of rotatable bonds is 6. The number of hydroxylamine groups is 2. The van der Waals surface area contributed by atoms with E-state index in [0.29, 0.717) is 5.06 Å². The van der Waals surface area contributed by atoms with Gasteiger partial charge in [-0.2, -0.15) is 0 Å². The second-order valence-corrected chi connectivity index (χ2v) is 2.71. The van der Waals surface area contributed by atoms with E-state index < -0.39 is 5.91 Å². The molecule has 0 atom stereocenters. The summed E-state index contributed by atoms with van der Waals surface area (Å²) in [7, 11) is 1.48. The summed E-state index contributed by atoms with van der Waals surface area (Å²) in [4.78, 5) is 21.5. The lowest BCUT2D eigenvalue weighted by Gasteiger charge is -2.13. The Balaban J connectivity index is 3.63. The molecule has 0 aliphatic carbocycles. The highest BCUT2D eigenvalue weighted by Crippen LogP contribution is 1.95. The lowest BCUT2D eigenvalue weighted by molar-refractivity contribution is -0.167. The van der Waals surface area contributed by atoms with Crippen LogP contribution in [0.2, 0.25) is 0 Å². The van der Waals surface area contributed by atoms with Gasteiger partial charge in [-0.05, 0) is 6.92 Å². The van der Waals surface area contributed by atoms with E-state index in [0.717, 1.165) is 0 Å². The molecular formula is C8H15NO4. The van der Waals surface area contributed by atoms with E-state index >= 15 is 0 Å². The molecule has 0 aromatic rings. The van der Waals surface area contributed by atoms with Gasteiger partial charge in [-0.1, -0.05) is 0 Å². The minimum Gasteiger partial charge on any atom is -0.383 e.